The molecule has 1 saturated heterocycles. The Labute approximate surface area is 257 Å². The van der Waals surface area contributed by atoms with Crippen LogP contribution in [0.15, 0.2) is 66.1 Å². The summed E-state index contributed by atoms with van der Waals surface area (Å²) in [6.45, 7) is 13.4. The second-order valence-corrected chi connectivity index (χ2v) is 10.8. The molecular weight excluding hydrogens is 534 g/mol. The third-order valence-electron chi connectivity index (χ3n) is 7.25. The monoisotopic (exact) mass is 579 g/mol. The molecule has 0 aromatic carbocycles. The van der Waals surface area contributed by atoms with Gasteiger partial charge >= 0.3 is 0 Å². The van der Waals surface area contributed by atoms with Gasteiger partial charge in [0.1, 0.15) is 0 Å². The molecular formula is C36H45N5O2. The molecule has 0 aliphatic carbocycles. The van der Waals surface area contributed by atoms with E-state index in [9.17, 15) is 9.59 Å². The van der Waals surface area contributed by atoms with Gasteiger partial charge in [-0.3, -0.25) is 24.5 Å². The molecule has 0 bridgehead atoms. The summed E-state index contributed by atoms with van der Waals surface area (Å²) in [5.41, 5.74) is 5.74. The number of anilines is 2. The van der Waals surface area contributed by atoms with Crippen molar-refractivity contribution in [3.8, 4) is 11.8 Å². The molecule has 1 aliphatic heterocycles. The number of rotatable bonds is 11. The van der Waals surface area contributed by atoms with Crippen molar-refractivity contribution in [1.82, 2.24) is 14.9 Å². The Morgan fingerprint density at radius 1 is 1.09 bits per heavy atom. The molecule has 1 atom stereocenters. The fourth-order valence-electron chi connectivity index (χ4n) is 4.76. The highest BCUT2D eigenvalue weighted by Crippen LogP contribution is 2.21. The molecule has 0 spiro atoms. The molecule has 7 heteroatoms. The number of carbonyl (C=O) groups is 2. The van der Waals surface area contributed by atoms with E-state index < -0.39 is 0 Å². The van der Waals surface area contributed by atoms with Gasteiger partial charge in [0.25, 0.3) is 5.91 Å². The molecule has 3 heterocycles. The molecule has 1 unspecified atom stereocenters. The molecule has 0 radical (unpaired) electrons. The first-order chi connectivity index (χ1) is 20.7. The second-order valence-electron chi connectivity index (χ2n) is 10.8. The predicted octanol–water partition coefficient (Wildman–Crippen LogP) is 7.42. The van der Waals surface area contributed by atoms with E-state index >= 15 is 0 Å². The maximum absolute atomic E-state index is 13.3. The first-order valence-corrected chi connectivity index (χ1v) is 15.2. The SMILES string of the molecule is C\C=C/C(C#C/C(=C/c1cc(C(=O)Nc2cc(NC(=O)CN3CCCC3C)cnc2C)cnc1C)CCC)=C\C=C\CC. The maximum atomic E-state index is 13.3. The standard InChI is InChI=1S/C36H45N5O2/c1-7-10-11-16-29(13-8-2)17-18-30(14-9-3)20-31-21-32(23-37-27(31)5)36(43)40-34-22-33(24-38-28(34)6)39-35(42)25-41-19-12-15-26(41)4/h8,10-11,13,16,20-24,26H,7,9,12,14-15,19,25H2,1-6H3,(H,39,42)(H,40,43)/b11-10+,13-8-,29-16+,30-20+. The van der Waals surface area contributed by atoms with Gasteiger partial charge < -0.3 is 10.6 Å². The number of aryl methyl sites for hydroxylation is 2. The zero-order valence-electron chi connectivity index (χ0n) is 26.5. The van der Waals surface area contributed by atoms with Crippen LogP contribution in [0.5, 0.6) is 0 Å². The van der Waals surface area contributed by atoms with Crippen molar-refractivity contribution in [2.24, 2.45) is 0 Å². The van der Waals surface area contributed by atoms with Crippen molar-refractivity contribution >= 4 is 29.3 Å². The molecule has 2 aromatic rings. The molecule has 2 aromatic heterocycles. The Morgan fingerprint density at radius 2 is 1.88 bits per heavy atom. The Kier molecular flexibility index (Phi) is 13.1. The molecule has 1 aliphatic rings. The van der Waals surface area contributed by atoms with Gasteiger partial charge in [-0.25, -0.2) is 0 Å². The molecule has 1 fully saturated rings. The molecule has 43 heavy (non-hydrogen) atoms. The molecule has 3 rings (SSSR count). The number of nitrogens with zero attached hydrogens (tertiary/aromatic N) is 3. The number of nitrogens with one attached hydrogen (secondary N) is 2. The lowest BCUT2D eigenvalue weighted by Gasteiger charge is -2.20. The molecule has 2 N–H and O–H groups in total. The van der Waals surface area contributed by atoms with Gasteiger partial charge in [-0.05, 0) is 89.8 Å². The van der Waals surface area contributed by atoms with Crippen LogP contribution in [0.4, 0.5) is 11.4 Å². The highest BCUT2D eigenvalue weighted by molar-refractivity contribution is 6.05. The Morgan fingerprint density at radius 3 is 2.58 bits per heavy atom. The van der Waals surface area contributed by atoms with Gasteiger partial charge in [-0.2, -0.15) is 0 Å². The minimum Gasteiger partial charge on any atom is -0.324 e. The van der Waals surface area contributed by atoms with Crippen LogP contribution in [0.25, 0.3) is 6.08 Å². The van der Waals surface area contributed by atoms with Crippen LogP contribution in [0.3, 0.4) is 0 Å². The van der Waals surface area contributed by atoms with Crippen molar-refractivity contribution in [1.29, 1.82) is 0 Å². The minimum atomic E-state index is -0.300. The Bertz CT molecular complexity index is 1470. The van der Waals surface area contributed by atoms with Crippen molar-refractivity contribution in [3.63, 3.8) is 0 Å². The smallest absolute Gasteiger partial charge is 0.257 e. The lowest BCUT2D eigenvalue weighted by atomic mass is 10.0. The van der Waals surface area contributed by atoms with E-state index in [1.54, 1.807) is 18.5 Å². The van der Waals surface area contributed by atoms with E-state index in [1.807, 2.05) is 57.2 Å². The van der Waals surface area contributed by atoms with Gasteiger partial charge in [0.05, 0.1) is 35.4 Å². The summed E-state index contributed by atoms with van der Waals surface area (Å²) in [4.78, 5) is 37.0. The zero-order valence-corrected chi connectivity index (χ0v) is 26.5. The Hall–Kier alpha value is -4.28. The van der Waals surface area contributed by atoms with Crippen molar-refractivity contribution < 1.29 is 9.59 Å². The van der Waals surface area contributed by atoms with Gasteiger partial charge in [0.2, 0.25) is 5.91 Å². The fourth-order valence-corrected chi connectivity index (χ4v) is 4.76. The third-order valence-corrected chi connectivity index (χ3v) is 7.25. The topological polar surface area (TPSA) is 87.2 Å². The van der Waals surface area contributed by atoms with E-state index in [1.165, 1.54) is 0 Å². The van der Waals surface area contributed by atoms with Crippen LogP contribution in [0, 0.1) is 25.7 Å². The average Bonchev–Trinajstić information content (AvgIpc) is 3.38. The summed E-state index contributed by atoms with van der Waals surface area (Å²) in [5, 5.41) is 5.87. The van der Waals surface area contributed by atoms with Crippen molar-refractivity contribution in [2.45, 2.75) is 79.7 Å². The van der Waals surface area contributed by atoms with Crippen LogP contribution in [-0.2, 0) is 4.79 Å². The lowest BCUT2D eigenvalue weighted by Crippen LogP contribution is -2.35. The third kappa shape index (κ3) is 10.5. The normalized spacial score (nSPS) is 16.0. The lowest BCUT2D eigenvalue weighted by molar-refractivity contribution is -0.117. The van der Waals surface area contributed by atoms with E-state index in [4.69, 9.17) is 0 Å². The summed E-state index contributed by atoms with van der Waals surface area (Å²) < 4.78 is 0. The van der Waals surface area contributed by atoms with Gasteiger partial charge in [0, 0.05) is 29.1 Å². The van der Waals surface area contributed by atoms with Gasteiger partial charge in [0.15, 0.2) is 0 Å². The number of amides is 2. The van der Waals surface area contributed by atoms with E-state index in [2.05, 4.69) is 64.2 Å². The maximum Gasteiger partial charge on any atom is 0.257 e. The number of hydrogen-bond acceptors (Lipinski definition) is 5. The number of hydrogen-bond donors (Lipinski definition) is 2. The van der Waals surface area contributed by atoms with Crippen LogP contribution in [0.2, 0.25) is 0 Å². The number of allylic oxidation sites excluding steroid dienone is 7. The molecule has 226 valence electrons. The first-order valence-electron chi connectivity index (χ1n) is 15.2. The molecule has 0 saturated carbocycles. The van der Waals surface area contributed by atoms with E-state index in [0.29, 0.717) is 35.2 Å². The number of likely N-dealkylation sites (tertiary alicyclic amines) is 1. The van der Waals surface area contributed by atoms with E-state index in [-0.39, 0.29) is 11.8 Å². The fraction of sp³-hybridized carbons (Fsp3) is 0.389. The second kappa shape index (κ2) is 17.0. The van der Waals surface area contributed by atoms with Crippen LogP contribution >= 0.6 is 0 Å². The van der Waals surface area contributed by atoms with Crippen LogP contribution in [-0.4, -0.2) is 45.8 Å². The summed E-state index contributed by atoms with van der Waals surface area (Å²) in [7, 11) is 0. The summed E-state index contributed by atoms with van der Waals surface area (Å²) in [6, 6.07) is 3.99. The van der Waals surface area contributed by atoms with Crippen LogP contribution < -0.4 is 10.6 Å². The van der Waals surface area contributed by atoms with Crippen LogP contribution in [0.1, 0.15) is 87.1 Å². The summed E-state index contributed by atoms with van der Waals surface area (Å²) >= 11 is 0. The minimum absolute atomic E-state index is 0.0902. The van der Waals surface area contributed by atoms with E-state index in [0.717, 1.165) is 61.1 Å². The first kappa shape index (κ1) is 33.2. The largest absolute Gasteiger partial charge is 0.324 e. The molecule has 2 amide bonds. The zero-order chi connectivity index (χ0) is 31.2. The Balaban J connectivity index is 1.79. The average molecular weight is 580 g/mol. The van der Waals surface area contributed by atoms with Gasteiger partial charge in [-0.1, -0.05) is 56.4 Å². The summed E-state index contributed by atoms with van der Waals surface area (Å²) in [6.07, 6.45) is 20.3. The summed E-state index contributed by atoms with van der Waals surface area (Å²) in [5.74, 6) is 6.23. The van der Waals surface area contributed by atoms with Gasteiger partial charge in [-0.15, -0.1) is 0 Å². The number of carbonyl (C=O) groups excluding carboxylic acids is 2. The highest BCUT2D eigenvalue weighted by Gasteiger charge is 2.22. The molecule has 7 nitrogen and oxygen atoms in total. The van der Waals surface area contributed by atoms with Crippen molar-refractivity contribution in [2.75, 3.05) is 23.7 Å². The number of aromatic nitrogens is 2. The highest BCUT2D eigenvalue weighted by atomic mass is 16.2. The number of pyridine rings is 2. The predicted molar refractivity (Wildman–Crippen MR) is 178 cm³/mol. The quantitative estimate of drug-likeness (QED) is 0.214. The van der Waals surface area contributed by atoms with Crippen molar-refractivity contribution in [3.05, 3.63) is 88.6 Å².